The van der Waals surface area contributed by atoms with Gasteiger partial charge in [0.25, 0.3) is 0 Å². The summed E-state index contributed by atoms with van der Waals surface area (Å²) in [6.45, 7) is 9.35. The molecule has 0 spiro atoms. The van der Waals surface area contributed by atoms with Crippen molar-refractivity contribution in [3.63, 3.8) is 0 Å². The fraction of sp³-hybridized carbons (Fsp3) is 0.500. The Bertz CT molecular complexity index is 1010. The van der Waals surface area contributed by atoms with E-state index in [0.717, 1.165) is 18.5 Å². The van der Waals surface area contributed by atoms with E-state index < -0.39 is 17.9 Å². The van der Waals surface area contributed by atoms with Crippen LogP contribution >= 0.6 is 0 Å². The molecular formula is C24H33FN6O2. The maximum Gasteiger partial charge on any atom is 0.407 e. The highest BCUT2D eigenvalue weighted by atomic mass is 19.1. The second-order valence-corrected chi connectivity index (χ2v) is 9.21. The highest BCUT2D eigenvalue weighted by Gasteiger charge is 2.24. The van der Waals surface area contributed by atoms with Gasteiger partial charge in [0.1, 0.15) is 11.4 Å². The molecule has 0 aromatic heterocycles. The third-order valence-electron chi connectivity index (χ3n) is 5.38. The van der Waals surface area contributed by atoms with Crippen molar-refractivity contribution in [2.75, 3.05) is 7.05 Å². The van der Waals surface area contributed by atoms with Crippen molar-refractivity contribution < 1.29 is 13.9 Å². The van der Waals surface area contributed by atoms with Crippen molar-refractivity contribution in [3.8, 4) is 0 Å². The van der Waals surface area contributed by atoms with Crippen LogP contribution in [-0.4, -0.2) is 48.2 Å². The molecule has 2 atom stereocenters. The maximum absolute atomic E-state index is 15.3. The van der Waals surface area contributed by atoms with Crippen LogP contribution in [0.2, 0.25) is 0 Å². The number of ether oxygens (including phenoxy) is 1. The molecule has 0 saturated heterocycles. The van der Waals surface area contributed by atoms with E-state index in [4.69, 9.17) is 4.74 Å². The third-order valence-corrected chi connectivity index (χ3v) is 5.38. The van der Waals surface area contributed by atoms with Gasteiger partial charge in [0.15, 0.2) is 6.17 Å². The predicted molar refractivity (Wildman–Crippen MR) is 129 cm³/mol. The van der Waals surface area contributed by atoms with Crippen LogP contribution in [0.1, 0.15) is 63.4 Å². The minimum atomic E-state index is -0.595. The lowest BCUT2D eigenvalue weighted by Gasteiger charge is -2.28. The van der Waals surface area contributed by atoms with E-state index in [1.165, 1.54) is 0 Å². The lowest BCUT2D eigenvalue weighted by molar-refractivity contribution is 0.0523. The van der Waals surface area contributed by atoms with Crippen molar-refractivity contribution in [3.05, 3.63) is 46.4 Å². The first-order chi connectivity index (χ1) is 15.6. The SMILES string of the molecule is CCC1CC=C(NC2=NC(c3ccc(CNC(=O)OC(C)(C)C)c(C)c3F)N(C)C=N2)C=N1. The summed E-state index contributed by atoms with van der Waals surface area (Å²) >= 11 is 0. The molecule has 2 N–H and O–H groups in total. The summed E-state index contributed by atoms with van der Waals surface area (Å²) in [6.07, 6.45) is 6.24. The summed E-state index contributed by atoms with van der Waals surface area (Å²) in [5, 5.41) is 5.85. The summed E-state index contributed by atoms with van der Waals surface area (Å²) < 4.78 is 20.6. The number of rotatable bonds is 5. The maximum atomic E-state index is 15.3. The van der Waals surface area contributed by atoms with Gasteiger partial charge in [-0.2, -0.15) is 0 Å². The Kier molecular flexibility index (Phi) is 7.50. The van der Waals surface area contributed by atoms with Gasteiger partial charge in [0, 0.05) is 25.4 Å². The number of carbonyl (C=O) groups is 1. The number of aliphatic imine (C=N–C) groups is 3. The Morgan fingerprint density at radius 1 is 1.33 bits per heavy atom. The molecule has 2 aliphatic rings. The molecule has 2 heterocycles. The van der Waals surface area contributed by atoms with E-state index in [9.17, 15) is 4.79 Å². The smallest absolute Gasteiger partial charge is 0.407 e. The quantitative estimate of drug-likeness (QED) is 0.694. The zero-order valence-corrected chi connectivity index (χ0v) is 20.1. The topological polar surface area (TPSA) is 90.7 Å². The van der Waals surface area contributed by atoms with Crippen LogP contribution in [0.4, 0.5) is 9.18 Å². The molecular weight excluding hydrogens is 423 g/mol. The Hall–Kier alpha value is -3.23. The van der Waals surface area contributed by atoms with Crippen LogP contribution in [0.5, 0.6) is 0 Å². The normalized spacial score (nSPS) is 20.3. The van der Waals surface area contributed by atoms with Gasteiger partial charge in [-0.1, -0.05) is 25.1 Å². The number of allylic oxidation sites excluding steroid dienone is 1. The number of dihydropyridines is 1. The van der Waals surface area contributed by atoms with Gasteiger partial charge in [-0.25, -0.2) is 19.2 Å². The average Bonchev–Trinajstić information content (AvgIpc) is 2.76. The number of amides is 1. The number of halogens is 1. The van der Waals surface area contributed by atoms with Crippen molar-refractivity contribution in [1.82, 2.24) is 15.5 Å². The molecule has 9 heteroatoms. The number of carbonyl (C=O) groups excluding carboxylic acids is 1. The summed E-state index contributed by atoms with van der Waals surface area (Å²) in [5.74, 6) is 0.0384. The van der Waals surface area contributed by atoms with Gasteiger partial charge >= 0.3 is 6.09 Å². The van der Waals surface area contributed by atoms with E-state index in [1.807, 2.05) is 0 Å². The van der Waals surface area contributed by atoms with Crippen LogP contribution < -0.4 is 10.6 Å². The molecule has 0 aliphatic carbocycles. The number of benzene rings is 1. The molecule has 0 fully saturated rings. The van der Waals surface area contributed by atoms with Crippen LogP contribution in [0, 0.1) is 12.7 Å². The van der Waals surface area contributed by atoms with E-state index >= 15 is 4.39 Å². The van der Waals surface area contributed by atoms with Crippen LogP contribution in [0.15, 0.2) is 38.9 Å². The Morgan fingerprint density at radius 3 is 2.73 bits per heavy atom. The number of guanidine groups is 1. The predicted octanol–water partition coefficient (Wildman–Crippen LogP) is 4.21. The van der Waals surface area contributed by atoms with Crippen molar-refractivity contribution in [2.45, 2.75) is 71.8 Å². The van der Waals surface area contributed by atoms with Crippen molar-refractivity contribution >= 4 is 24.6 Å². The van der Waals surface area contributed by atoms with Gasteiger partial charge in [-0.15, -0.1) is 0 Å². The molecule has 0 saturated carbocycles. The largest absolute Gasteiger partial charge is 0.444 e. The number of alkyl carbamates (subject to hydrolysis) is 1. The monoisotopic (exact) mass is 456 g/mol. The van der Waals surface area contributed by atoms with Gasteiger partial charge in [-0.05, 0) is 51.7 Å². The van der Waals surface area contributed by atoms with Crippen LogP contribution in [0.25, 0.3) is 0 Å². The van der Waals surface area contributed by atoms with Crippen LogP contribution in [0.3, 0.4) is 0 Å². The van der Waals surface area contributed by atoms with Crippen molar-refractivity contribution in [1.29, 1.82) is 0 Å². The molecule has 0 bridgehead atoms. The number of nitrogens with zero attached hydrogens (tertiary/aromatic N) is 4. The van der Waals surface area contributed by atoms with Gasteiger partial charge in [0.05, 0.1) is 18.1 Å². The minimum absolute atomic E-state index is 0.169. The van der Waals surface area contributed by atoms with Gasteiger partial charge in [-0.3, -0.25) is 4.99 Å². The molecule has 2 aliphatic heterocycles. The first kappa shape index (κ1) is 24.4. The molecule has 8 nitrogen and oxygen atoms in total. The molecule has 0 radical (unpaired) electrons. The highest BCUT2D eigenvalue weighted by molar-refractivity contribution is 5.94. The van der Waals surface area contributed by atoms with E-state index in [1.54, 1.807) is 64.3 Å². The summed E-state index contributed by atoms with van der Waals surface area (Å²) in [7, 11) is 1.80. The molecule has 1 aromatic rings. The molecule has 1 amide bonds. The second kappa shape index (κ2) is 10.1. The number of hydrogen-bond donors (Lipinski definition) is 2. The third kappa shape index (κ3) is 6.40. The molecule has 33 heavy (non-hydrogen) atoms. The zero-order chi connectivity index (χ0) is 24.2. The molecule has 1 aromatic carbocycles. The first-order valence-corrected chi connectivity index (χ1v) is 11.2. The number of hydrogen-bond acceptors (Lipinski definition) is 7. The van der Waals surface area contributed by atoms with Crippen molar-refractivity contribution in [2.24, 2.45) is 15.0 Å². The Morgan fingerprint density at radius 2 is 2.09 bits per heavy atom. The summed E-state index contributed by atoms with van der Waals surface area (Å²) in [4.78, 5) is 27.1. The summed E-state index contributed by atoms with van der Waals surface area (Å²) in [6, 6.07) is 3.81. The fourth-order valence-electron chi connectivity index (χ4n) is 3.47. The highest BCUT2D eigenvalue weighted by Crippen LogP contribution is 2.28. The first-order valence-electron chi connectivity index (χ1n) is 11.2. The van der Waals surface area contributed by atoms with Crippen LogP contribution in [-0.2, 0) is 11.3 Å². The average molecular weight is 457 g/mol. The fourth-order valence-corrected chi connectivity index (χ4v) is 3.47. The standard InChI is InChI=1S/C24H33FN6O2/c1-7-17-9-10-18(13-26-17)29-22-28-14-31(6)21(30-22)19-11-8-16(15(2)20(19)25)12-27-23(32)33-24(3,4)5/h8,10-11,13-14,17,21H,7,9,12H2,1-6H3,(H,27,32)(H,29,30). The lowest BCUT2D eigenvalue weighted by atomic mass is 10.0. The number of nitrogens with one attached hydrogen (secondary N) is 2. The molecule has 3 rings (SSSR count). The minimum Gasteiger partial charge on any atom is -0.444 e. The van der Waals surface area contributed by atoms with E-state index in [-0.39, 0.29) is 12.4 Å². The lowest BCUT2D eigenvalue weighted by Crippen LogP contribution is -2.34. The van der Waals surface area contributed by atoms with E-state index in [0.29, 0.717) is 28.7 Å². The zero-order valence-electron chi connectivity index (χ0n) is 20.1. The second-order valence-electron chi connectivity index (χ2n) is 9.21. The van der Waals surface area contributed by atoms with Gasteiger partial charge in [0.2, 0.25) is 5.96 Å². The summed E-state index contributed by atoms with van der Waals surface area (Å²) in [5.41, 5.74) is 1.79. The Balaban J connectivity index is 1.73. The molecule has 2 unspecified atom stereocenters. The molecule has 178 valence electrons. The van der Waals surface area contributed by atoms with E-state index in [2.05, 4.69) is 38.6 Å². The Labute approximate surface area is 194 Å². The van der Waals surface area contributed by atoms with Gasteiger partial charge < -0.3 is 20.3 Å².